The highest BCUT2D eigenvalue weighted by Gasteiger charge is 2.16. The van der Waals surface area contributed by atoms with E-state index in [4.69, 9.17) is 32.7 Å². The second-order valence-electron chi connectivity index (χ2n) is 3.04. The van der Waals surface area contributed by atoms with Gasteiger partial charge in [0.1, 0.15) is 13.2 Å². The molecular formula is C10H10Cl2O2. The van der Waals surface area contributed by atoms with E-state index < -0.39 is 0 Å². The molecule has 14 heavy (non-hydrogen) atoms. The first-order chi connectivity index (χ1) is 6.81. The van der Waals surface area contributed by atoms with Gasteiger partial charge in [-0.15, -0.1) is 11.6 Å². The summed E-state index contributed by atoms with van der Waals surface area (Å²) in [6, 6.07) is 3.81. The van der Waals surface area contributed by atoms with Crippen molar-refractivity contribution in [2.45, 2.75) is 6.42 Å². The van der Waals surface area contributed by atoms with E-state index >= 15 is 0 Å². The van der Waals surface area contributed by atoms with Crippen molar-refractivity contribution >= 4 is 23.2 Å². The molecule has 0 aromatic heterocycles. The molecule has 1 aliphatic rings. The molecule has 4 heteroatoms. The van der Waals surface area contributed by atoms with Gasteiger partial charge in [-0.3, -0.25) is 0 Å². The van der Waals surface area contributed by atoms with Crippen LogP contribution in [-0.2, 0) is 6.42 Å². The van der Waals surface area contributed by atoms with Crippen LogP contribution in [-0.4, -0.2) is 19.1 Å². The maximum atomic E-state index is 6.03. The van der Waals surface area contributed by atoms with Gasteiger partial charge < -0.3 is 9.47 Å². The van der Waals surface area contributed by atoms with E-state index in [0.29, 0.717) is 29.9 Å². The summed E-state index contributed by atoms with van der Waals surface area (Å²) in [5.41, 5.74) is 1.08. The molecule has 0 atom stereocenters. The van der Waals surface area contributed by atoms with Gasteiger partial charge in [-0.2, -0.15) is 0 Å². The molecule has 1 aromatic carbocycles. The molecule has 2 nitrogen and oxygen atoms in total. The van der Waals surface area contributed by atoms with Crippen LogP contribution in [0.15, 0.2) is 12.1 Å². The van der Waals surface area contributed by atoms with Gasteiger partial charge >= 0.3 is 0 Å². The fourth-order valence-electron chi connectivity index (χ4n) is 1.42. The molecule has 0 saturated carbocycles. The molecule has 76 valence electrons. The van der Waals surface area contributed by atoms with Crippen molar-refractivity contribution < 1.29 is 9.47 Å². The number of aryl methyl sites for hydroxylation is 1. The quantitative estimate of drug-likeness (QED) is 0.731. The standard InChI is InChI=1S/C10H10Cl2O2/c11-2-1-7-5-8(12)10-9(6-7)13-3-4-14-10/h5-6H,1-4H2. The molecule has 0 unspecified atom stereocenters. The Balaban J connectivity index is 2.36. The zero-order valence-corrected chi connectivity index (χ0v) is 9.07. The van der Waals surface area contributed by atoms with Gasteiger partial charge in [-0.1, -0.05) is 11.6 Å². The van der Waals surface area contributed by atoms with Crippen LogP contribution in [0.25, 0.3) is 0 Å². The van der Waals surface area contributed by atoms with Crippen LogP contribution in [0, 0.1) is 0 Å². The predicted molar refractivity (Wildman–Crippen MR) is 56.9 cm³/mol. The molecule has 0 amide bonds. The molecule has 0 aliphatic carbocycles. The third-order valence-corrected chi connectivity index (χ3v) is 2.51. The van der Waals surface area contributed by atoms with Crippen molar-refractivity contribution in [3.8, 4) is 11.5 Å². The average Bonchev–Trinajstić information content (AvgIpc) is 2.18. The molecule has 0 bridgehead atoms. The number of rotatable bonds is 2. The molecule has 0 fully saturated rings. The lowest BCUT2D eigenvalue weighted by Gasteiger charge is -2.20. The number of alkyl halides is 1. The minimum Gasteiger partial charge on any atom is -0.486 e. The summed E-state index contributed by atoms with van der Waals surface area (Å²) in [4.78, 5) is 0. The van der Waals surface area contributed by atoms with Crippen LogP contribution in [0.4, 0.5) is 0 Å². The highest BCUT2D eigenvalue weighted by molar-refractivity contribution is 6.32. The van der Waals surface area contributed by atoms with E-state index in [9.17, 15) is 0 Å². The van der Waals surface area contributed by atoms with Crippen LogP contribution in [0.2, 0.25) is 5.02 Å². The lowest BCUT2D eigenvalue weighted by atomic mass is 10.1. The number of ether oxygens (including phenoxy) is 2. The summed E-state index contributed by atoms with van der Waals surface area (Å²) in [6.45, 7) is 1.13. The van der Waals surface area contributed by atoms with Crippen LogP contribution in [0.1, 0.15) is 5.56 Å². The van der Waals surface area contributed by atoms with Gasteiger partial charge in [0.25, 0.3) is 0 Å². The zero-order valence-electron chi connectivity index (χ0n) is 7.56. The average molecular weight is 233 g/mol. The number of halogens is 2. The third-order valence-electron chi connectivity index (χ3n) is 2.04. The first-order valence-corrected chi connectivity index (χ1v) is 5.36. The minimum atomic E-state index is 0.557. The van der Waals surface area contributed by atoms with Gasteiger partial charge in [0.05, 0.1) is 5.02 Å². The van der Waals surface area contributed by atoms with Gasteiger partial charge in [0, 0.05) is 5.88 Å². The van der Waals surface area contributed by atoms with Gasteiger partial charge in [0.15, 0.2) is 11.5 Å². The lowest BCUT2D eigenvalue weighted by Crippen LogP contribution is -2.15. The number of fused-ring (bicyclic) bond motifs is 1. The maximum absolute atomic E-state index is 6.03. The Bertz CT molecular complexity index is 339. The van der Waals surface area contributed by atoms with E-state index in [2.05, 4.69) is 0 Å². The smallest absolute Gasteiger partial charge is 0.179 e. The Morgan fingerprint density at radius 3 is 2.79 bits per heavy atom. The van der Waals surface area contributed by atoms with Gasteiger partial charge in [-0.05, 0) is 24.1 Å². The Labute approximate surface area is 92.7 Å². The van der Waals surface area contributed by atoms with Crippen LogP contribution in [0.3, 0.4) is 0 Å². The molecule has 0 N–H and O–H groups in total. The first kappa shape index (κ1) is 9.94. The number of hydrogen-bond donors (Lipinski definition) is 0. The highest BCUT2D eigenvalue weighted by atomic mass is 35.5. The minimum absolute atomic E-state index is 0.557. The van der Waals surface area contributed by atoms with Crippen molar-refractivity contribution in [3.63, 3.8) is 0 Å². The maximum Gasteiger partial charge on any atom is 0.179 e. The van der Waals surface area contributed by atoms with E-state index in [1.807, 2.05) is 12.1 Å². The number of hydrogen-bond acceptors (Lipinski definition) is 2. The molecule has 2 rings (SSSR count). The Morgan fingerprint density at radius 1 is 1.21 bits per heavy atom. The number of benzene rings is 1. The SMILES string of the molecule is ClCCc1cc(Cl)c2c(c1)OCCO2. The van der Waals surface area contributed by atoms with Crippen molar-refractivity contribution in [2.24, 2.45) is 0 Å². The molecule has 1 heterocycles. The lowest BCUT2D eigenvalue weighted by molar-refractivity contribution is 0.171. The van der Waals surface area contributed by atoms with Crippen molar-refractivity contribution in [1.29, 1.82) is 0 Å². The van der Waals surface area contributed by atoms with Crippen LogP contribution in [0.5, 0.6) is 11.5 Å². The van der Waals surface area contributed by atoms with Crippen molar-refractivity contribution in [1.82, 2.24) is 0 Å². The second-order valence-corrected chi connectivity index (χ2v) is 3.83. The largest absolute Gasteiger partial charge is 0.486 e. The van der Waals surface area contributed by atoms with Crippen LogP contribution < -0.4 is 9.47 Å². The zero-order chi connectivity index (χ0) is 9.97. The van der Waals surface area contributed by atoms with E-state index in [1.165, 1.54) is 0 Å². The fourth-order valence-corrected chi connectivity index (χ4v) is 1.92. The molecule has 1 aromatic rings. The molecule has 0 radical (unpaired) electrons. The topological polar surface area (TPSA) is 18.5 Å². The highest BCUT2D eigenvalue weighted by Crippen LogP contribution is 2.38. The summed E-state index contributed by atoms with van der Waals surface area (Å²) in [7, 11) is 0. The first-order valence-electron chi connectivity index (χ1n) is 4.45. The molecular weight excluding hydrogens is 223 g/mol. The second kappa shape index (κ2) is 4.28. The van der Waals surface area contributed by atoms with Gasteiger partial charge in [0.2, 0.25) is 0 Å². The summed E-state index contributed by atoms with van der Waals surface area (Å²) < 4.78 is 10.8. The molecule has 1 aliphatic heterocycles. The van der Waals surface area contributed by atoms with E-state index in [0.717, 1.165) is 17.7 Å². The Morgan fingerprint density at radius 2 is 2.00 bits per heavy atom. The Kier molecular flexibility index (Phi) is 3.04. The fraction of sp³-hybridized carbons (Fsp3) is 0.400. The predicted octanol–water partition coefficient (Wildman–Crippen LogP) is 2.89. The summed E-state index contributed by atoms with van der Waals surface area (Å²) in [5, 5.41) is 0.599. The van der Waals surface area contributed by atoms with Crippen LogP contribution >= 0.6 is 23.2 Å². The summed E-state index contributed by atoms with van der Waals surface area (Å²) in [5.74, 6) is 1.95. The van der Waals surface area contributed by atoms with Crippen molar-refractivity contribution in [2.75, 3.05) is 19.1 Å². The monoisotopic (exact) mass is 232 g/mol. The Hall–Kier alpha value is -0.600. The summed E-state index contributed by atoms with van der Waals surface area (Å²) >= 11 is 11.7. The van der Waals surface area contributed by atoms with E-state index in [-0.39, 0.29) is 0 Å². The summed E-state index contributed by atoms with van der Waals surface area (Å²) in [6.07, 6.45) is 0.790. The molecule has 0 spiro atoms. The molecule has 0 saturated heterocycles. The van der Waals surface area contributed by atoms with Gasteiger partial charge in [-0.25, -0.2) is 0 Å². The van der Waals surface area contributed by atoms with Crippen molar-refractivity contribution in [3.05, 3.63) is 22.7 Å². The normalized spacial score (nSPS) is 14.1. The third kappa shape index (κ3) is 1.91. The van der Waals surface area contributed by atoms with E-state index in [1.54, 1.807) is 0 Å².